The Kier molecular flexibility index (Phi) is 8.62. The Morgan fingerprint density at radius 3 is 2.62 bits per heavy atom. The molecule has 0 spiro atoms. The molecule has 0 fully saturated rings. The molecule has 1 aromatic heterocycles. The van der Waals surface area contributed by atoms with Crippen LogP contribution in [0.2, 0.25) is 0 Å². The number of nitrogens with zero attached hydrogens (tertiary/aromatic N) is 1. The van der Waals surface area contributed by atoms with Gasteiger partial charge < -0.3 is 0 Å². The number of amides is 1. The summed E-state index contributed by atoms with van der Waals surface area (Å²) in [5.41, 5.74) is 2.73. The molecule has 0 saturated heterocycles. The minimum absolute atomic E-state index is 0.300. The van der Waals surface area contributed by atoms with Gasteiger partial charge in [-0.2, -0.15) is 0 Å². The molecule has 0 unspecified atom stereocenters. The van der Waals surface area contributed by atoms with Crippen molar-refractivity contribution >= 4 is 27.5 Å². The molecule has 0 aliphatic rings. The molecule has 5 heteroatoms. The molecule has 2 N–H and O–H groups in total. The van der Waals surface area contributed by atoms with Gasteiger partial charge in [0.25, 0.3) is 0 Å². The number of hydrogen-bond donors (Lipinski definition) is 2. The van der Waals surface area contributed by atoms with Crippen molar-refractivity contribution in [2.24, 2.45) is 0 Å². The molecule has 0 bridgehead atoms. The Morgan fingerprint density at radius 1 is 1.19 bits per heavy atom. The first-order chi connectivity index (χ1) is 10.3. The maximum absolute atomic E-state index is 10.8. The number of carbonyl (C=O) groups excluding carboxylic acids is 1. The summed E-state index contributed by atoms with van der Waals surface area (Å²) in [6.07, 6.45) is 5.43. The Labute approximate surface area is 130 Å². The van der Waals surface area contributed by atoms with Crippen LogP contribution in [0.25, 0.3) is 10.2 Å². The summed E-state index contributed by atoms with van der Waals surface area (Å²) in [6.45, 7) is 4.00. The first-order valence-corrected chi connectivity index (χ1v) is 8.38. The van der Waals surface area contributed by atoms with Crippen LogP contribution in [0.1, 0.15) is 51.0 Å². The second-order valence-electron chi connectivity index (χ2n) is 4.52. The Bertz CT molecular complexity index is 507. The molecule has 0 radical (unpaired) electrons. The van der Waals surface area contributed by atoms with E-state index in [1.54, 1.807) is 16.8 Å². The van der Waals surface area contributed by atoms with E-state index in [0.29, 0.717) is 6.42 Å². The van der Waals surface area contributed by atoms with Gasteiger partial charge in [-0.05, 0) is 31.4 Å². The fourth-order valence-corrected chi connectivity index (χ4v) is 3.01. The SMILES string of the molecule is CC.O=C(CCCCCCc1nc2ccccc2s1)NO. The zero-order chi connectivity index (χ0) is 15.5. The largest absolute Gasteiger partial charge is 0.289 e. The van der Waals surface area contributed by atoms with E-state index in [9.17, 15) is 4.79 Å². The maximum atomic E-state index is 10.8. The highest BCUT2D eigenvalue weighted by molar-refractivity contribution is 7.18. The lowest BCUT2D eigenvalue weighted by molar-refractivity contribution is -0.129. The van der Waals surface area contributed by atoms with Crippen molar-refractivity contribution in [1.29, 1.82) is 0 Å². The zero-order valence-electron chi connectivity index (χ0n) is 12.8. The average molecular weight is 308 g/mol. The number of fused-ring (bicyclic) bond motifs is 1. The van der Waals surface area contributed by atoms with Gasteiger partial charge in [0.05, 0.1) is 15.2 Å². The summed E-state index contributed by atoms with van der Waals surface area (Å²) >= 11 is 1.76. The molecule has 2 aromatic rings. The van der Waals surface area contributed by atoms with E-state index in [4.69, 9.17) is 5.21 Å². The standard InChI is InChI=1S/C14H18N2O2S.C2H6/c17-13(16-18)9-3-1-2-4-10-14-15-11-7-5-6-8-12(11)19-14;1-2/h5-8,18H,1-4,9-10H2,(H,16,17);1-2H3. The summed E-state index contributed by atoms with van der Waals surface area (Å²) in [4.78, 5) is 15.4. The number of thiazole rings is 1. The van der Waals surface area contributed by atoms with Crippen LogP contribution in [0.15, 0.2) is 24.3 Å². The summed E-state index contributed by atoms with van der Waals surface area (Å²) < 4.78 is 1.25. The van der Waals surface area contributed by atoms with Crippen LogP contribution in [0.3, 0.4) is 0 Å². The lowest BCUT2D eigenvalue weighted by atomic mass is 10.1. The van der Waals surface area contributed by atoms with E-state index in [0.717, 1.165) is 37.6 Å². The predicted molar refractivity (Wildman–Crippen MR) is 87.7 cm³/mol. The minimum atomic E-state index is -0.300. The van der Waals surface area contributed by atoms with Crippen molar-refractivity contribution in [1.82, 2.24) is 10.5 Å². The molecule has 0 atom stereocenters. The molecule has 116 valence electrons. The number of aromatic nitrogens is 1. The first-order valence-electron chi connectivity index (χ1n) is 7.57. The summed E-state index contributed by atoms with van der Waals surface area (Å²) in [6, 6.07) is 8.20. The molecular weight excluding hydrogens is 284 g/mol. The van der Waals surface area contributed by atoms with Crippen molar-refractivity contribution in [2.45, 2.75) is 52.4 Å². The zero-order valence-corrected chi connectivity index (χ0v) is 13.6. The third-order valence-corrected chi connectivity index (χ3v) is 4.10. The average Bonchev–Trinajstić information content (AvgIpc) is 2.95. The predicted octanol–water partition coefficient (Wildman–Crippen LogP) is 4.32. The highest BCUT2D eigenvalue weighted by atomic mass is 32.1. The number of unbranched alkanes of at least 4 members (excludes halogenated alkanes) is 3. The highest BCUT2D eigenvalue weighted by Gasteiger charge is 2.03. The third kappa shape index (κ3) is 6.23. The molecule has 4 nitrogen and oxygen atoms in total. The van der Waals surface area contributed by atoms with E-state index in [2.05, 4.69) is 11.1 Å². The van der Waals surface area contributed by atoms with Gasteiger partial charge in [0.2, 0.25) is 5.91 Å². The summed E-state index contributed by atoms with van der Waals surface area (Å²) in [7, 11) is 0. The van der Waals surface area contributed by atoms with E-state index in [1.165, 1.54) is 9.71 Å². The fourth-order valence-electron chi connectivity index (χ4n) is 2.00. The van der Waals surface area contributed by atoms with Crippen molar-refractivity contribution in [3.05, 3.63) is 29.3 Å². The van der Waals surface area contributed by atoms with E-state index >= 15 is 0 Å². The van der Waals surface area contributed by atoms with Crippen LogP contribution < -0.4 is 5.48 Å². The van der Waals surface area contributed by atoms with Crippen molar-refractivity contribution in [2.75, 3.05) is 0 Å². The van der Waals surface area contributed by atoms with Gasteiger partial charge in [-0.15, -0.1) is 11.3 Å². The van der Waals surface area contributed by atoms with Gasteiger partial charge in [-0.3, -0.25) is 10.0 Å². The van der Waals surface area contributed by atoms with Crippen LogP contribution in [-0.2, 0) is 11.2 Å². The van der Waals surface area contributed by atoms with Gasteiger partial charge in [0.15, 0.2) is 0 Å². The summed E-state index contributed by atoms with van der Waals surface area (Å²) in [5.74, 6) is -0.300. The minimum Gasteiger partial charge on any atom is -0.289 e. The molecular formula is C16H24N2O2S. The molecule has 1 heterocycles. The number of benzene rings is 1. The quantitative estimate of drug-likeness (QED) is 0.455. The molecule has 0 saturated carbocycles. The monoisotopic (exact) mass is 308 g/mol. The van der Waals surface area contributed by atoms with Crippen molar-refractivity contribution in [3.8, 4) is 0 Å². The Morgan fingerprint density at radius 2 is 1.90 bits per heavy atom. The Hall–Kier alpha value is -1.46. The van der Waals surface area contributed by atoms with Crippen molar-refractivity contribution < 1.29 is 10.0 Å². The van der Waals surface area contributed by atoms with E-state index in [-0.39, 0.29) is 5.91 Å². The third-order valence-electron chi connectivity index (χ3n) is 3.01. The van der Waals surface area contributed by atoms with Crippen molar-refractivity contribution in [3.63, 3.8) is 0 Å². The maximum Gasteiger partial charge on any atom is 0.243 e. The first kappa shape index (κ1) is 17.6. The lowest BCUT2D eigenvalue weighted by Gasteiger charge is -1.99. The molecule has 0 aliphatic heterocycles. The number of para-hydroxylation sites is 1. The van der Waals surface area contributed by atoms with Crippen LogP contribution in [0, 0.1) is 0 Å². The van der Waals surface area contributed by atoms with Gasteiger partial charge >= 0.3 is 0 Å². The lowest BCUT2D eigenvalue weighted by Crippen LogP contribution is -2.17. The van der Waals surface area contributed by atoms with Crippen LogP contribution in [0.4, 0.5) is 0 Å². The number of hydroxylamine groups is 1. The van der Waals surface area contributed by atoms with Gasteiger partial charge in [-0.25, -0.2) is 10.5 Å². The molecule has 0 aliphatic carbocycles. The molecule has 1 aromatic carbocycles. The van der Waals surface area contributed by atoms with E-state index in [1.807, 2.05) is 32.0 Å². The second kappa shape index (κ2) is 10.3. The van der Waals surface area contributed by atoms with E-state index < -0.39 is 0 Å². The highest BCUT2D eigenvalue weighted by Crippen LogP contribution is 2.22. The molecule has 2 rings (SSSR count). The van der Waals surface area contributed by atoms with Gasteiger partial charge in [0.1, 0.15) is 0 Å². The second-order valence-corrected chi connectivity index (χ2v) is 5.64. The number of carbonyl (C=O) groups is 1. The number of rotatable bonds is 7. The molecule has 1 amide bonds. The fraction of sp³-hybridized carbons (Fsp3) is 0.500. The van der Waals surface area contributed by atoms with Gasteiger partial charge in [0, 0.05) is 6.42 Å². The topological polar surface area (TPSA) is 62.2 Å². The van der Waals surface area contributed by atoms with Crippen LogP contribution in [-0.4, -0.2) is 16.1 Å². The smallest absolute Gasteiger partial charge is 0.243 e. The summed E-state index contributed by atoms with van der Waals surface area (Å²) in [5, 5.41) is 9.54. The van der Waals surface area contributed by atoms with Crippen LogP contribution >= 0.6 is 11.3 Å². The number of aryl methyl sites for hydroxylation is 1. The molecule has 21 heavy (non-hydrogen) atoms. The van der Waals surface area contributed by atoms with Crippen LogP contribution in [0.5, 0.6) is 0 Å². The van der Waals surface area contributed by atoms with Gasteiger partial charge in [-0.1, -0.05) is 38.8 Å². The normalized spacial score (nSPS) is 10.0. The number of nitrogens with one attached hydrogen (secondary N) is 1. The number of hydrogen-bond acceptors (Lipinski definition) is 4. The Balaban J connectivity index is 0.00000106.